The first-order valence-electron chi connectivity index (χ1n) is 10.7. The molecule has 0 aromatic heterocycles. The second kappa shape index (κ2) is 28.6. The molecule has 34 heavy (non-hydrogen) atoms. The molecule has 2 fully saturated rings. The van der Waals surface area contributed by atoms with Crippen LogP contribution in [0.2, 0.25) is 78.6 Å². The minimum absolute atomic E-state index is 0. The topological polar surface area (TPSA) is 39.8 Å². The molecule has 0 amide bonds. The summed E-state index contributed by atoms with van der Waals surface area (Å²) in [5, 5.41) is 0. The Morgan fingerprint density at radius 2 is 0.471 bits per heavy atom. The Hall–Kier alpha value is 2.58. The van der Waals surface area contributed by atoms with Crippen LogP contribution < -0.4 is 0 Å². The predicted molar refractivity (Wildman–Crippen MR) is 161 cm³/mol. The van der Waals surface area contributed by atoms with Crippen molar-refractivity contribution in [3.8, 4) is 0 Å². The van der Waals surface area contributed by atoms with Crippen molar-refractivity contribution in [1.29, 1.82) is 0 Å². The van der Waals surface area contributed by atoms with E-state index >= 15 is 0 Å². The van der Waals surface area contributed by atoms with Crippen LogP contribution in [0.5, 0.6) is 0 Å². The maximum atomic E-state index is 7.50. The molecule has 0 N–H and O–H groups in total. The Kier molecular flexibility index (Phi) is 41.6. The molecule has 194 valence electrons. The fourth-order valence-corrected chi connectivity index (χ4v) is 61.4. The minimum Gasteiger partial charge on any atom is -0.0312 e. The second-order valence-corrected chi connectivity index (χ2v) is 53.7. The van der Waals surface area contributed by atoms with Crippen molar-refractivity contribution in [2.45, 2.75) is 78.6 Å². The zero-order valence-corrected chi connectivity index (χ0v) is 32.9. The largest absolute Gasteiger partial charge is 2.00 e. The van der Waals surface area contributed by atoms with Gasteiger partial charge >= 0.3 is 48.8 Å². The maximum absolute atomic E-state index is 7.50. The Bertz CT molecular complexity index is 367. The third-order valence-electron chi connectivity index (χ3n) is 2.61. The molecule has 2 saturated carbocycles. The van der Waals surface area contributed by atoms with E-state index < -0.39 is 31.0 Å². The normalized spacial score (nSPS) is 14.6. The van der Waals surface area contributed by atoms with Crippen molar-refractivity contribution in [2.24, 2.45) is 0 Å². The first-order chi connectivity index (χ1) is 14.4. The van der Waals surface area contributed by atoms with E-state index in [-0.39, 0.29) is 42.7 Å². The number of hydrogen-bond acceptors (Lipinski definition) is 0. The summed E-state index contributed by atoms with van der Waals surface area (Å²) in [6.45, 7) is 38.7. The molecule has 0 saturated heterocycles. The van der Waals surface area contributed by atoms with Gasteiger partial charge in [0.15, 0.2) is 0 Å². The zero-order chi connectivity index (χ0) is 26.5. The summed E-state index contributed by atoms with van der Waals surface area (Å²) >= 11 is 0. The minimum atomic E-state index is -0.703. The molecule has 2 aliphatic rings. The van der Waals surface area contributed by atoms with Gasteiger partial charge in [-0.05, 0) is 64.2 Å². The van der Waals surface area contributed by atoms with Crippen molar-refractivity contribution in [1.82, 2.24) is 0 Å². The van der Waals surface area contributed by atoms with Crippen LogP contribution in [-0.4, -0.2) is 31.0 Å². The molecule has 0 aliphatic heterocycles. The van der Waals surface area contributed by atoms with Crippen LogP contribution >= 0.6 is 15.4 Å². The van der Waals surface area contributed by atoms with Crippen LogP contribution in [0, 0.1) is 77.5 Å². The van der Waals surface area contributed by atoms with E-state index in [1.54, 1.807) is 0 Å². The smallest absolute Gasteiger partial charge is 0.0312 e. The first-order valence-corrected chi connectivity index (χ1v) is 30.7. The molecule has 2 aliphatic carbocycles. The Labute approximate surface area is 252 Å². The zero-order valence-electron chi connectivity index (χ0n) is 23.4. The van der Waals surface area contributed by atoms with Crippen LogP contribution in [0.15, 0.2) is 0 Å². The van der Waals surface area contributed by atoms with Gasteiger partial charge in [0.25, 0.3) is 0 Å². The van der Waals surface area contributed by atoms with Crippen LogP contribution in [0.25, 0.3) is 0 Å². The molecular formula is C24H48NiO2P2Si4Zr+2. The monoisotopic (exact) mass is 690 g/mol. The fraction of sp³-hybridized carbons (Fsp3) is 0.500. The van der Waals surface area contributed by atoms with Crippen molar-refractivity contribution in [3.63, 3.8) is 0 Å². The molecule has 2 rings (SSSR count). The summed E-state index contributed by atoms with van der Waals surface area (Å²) in [5.74, 6) is 0. The summed E-state index contributed by atoms with van der Waals surface area (Å²) in [5.41, 5.74) is 0. The molecular weight excluding hydrogens is 644 g/mol. The van der Waals surface area contributed by atoms with E-state index in [1.165, 1.54) is 15.4 Å². The quantitative estimate of drug-likeness (QED) is 0.123. The molecule has 0 bridgehead atoms. The van der Waals surface area contributed by atoms with Gasteiger partial charge in [0.2, 0.25) is 0 Å². The Balaban J connectivity index is -0.0000000733. The molecule has 0 unspecified atom stereocenters. The fourth-order valence-electron chi connectivity index (χ4n) is 2.89. The second-order valence-electron chi connectivity index (χ2n) is 11.2. The predicted octanol–water partition coefficient (Wildman–Crippen LogP) is 8.63. The van der Waals surface area contributed by atoms with E-state index in [9.17, 15) is 0 Å². The van der Waals surface area contributed by atoms with Gasteiger partial charge in [-0.2, -0.15) is 0 Å². The molecule has 0 heterocycles. The molecule has 0 aromatic carbocycles. The standard InChI is InChI=1S/2C6H19PSi2.2C5H5.2CO.Ni.Zr/c2*1-8(2,3)7-9(4,5)6;2*1-2-4-5-3-1;2*1-2;;/h2*7H,1-6H3;2*1-5H;;;;/q;;;;;;;+2. The van der Waals surface area contributed by atoms with Crippen LogP contribution in [-0.2, 0) is 52.0 Å². The van der Waals surface area contributed by atoms with E-state index in [0.717, 1.165) is 0 Å². The molecule has 10 radical (unpaired) electrons. The average Bonchev–Trinajstić information content (AvgIpc) is 3.31. The van der Waals surface area contributed by atoms with Gasteiger partial charge in [-0.3, -0.25) is 0 Å². The molecule has 0 spiro atoms. The number of hydrogen-bond donors (Lipinski definition) is 0. The van der Waals surface area contributed by atoms with Crippen molar-refractivity contribution < 1.29 is 52.0 Å². The van der Waals surface area contributed by atoms with E-state index in [1.807, 2.05) is 64.2 Å². The summed E-state index contributed by atoms with van der Waals surface area (Å²) in [6, 6.07) is 0. The molecule has 0 aromatic rings. The van der Waals surface area contributed by atoms with Gasteiger partial charge in [-0.1, -0.05) is 78.6 Å². The van der Waals surface area contributed by atoms with Gasteiger partial charge in [0, 0.05) is 16.5 Å². The van der Waals surface area contributed by atoms with Crippen LogP contribution in [0.1, 0.15) is 0 Å². The SMILES string of the molecule is C[Si](C)(C)P[Si](C)(C)C.C[Si](C)(C)P[Si](C)(C)C.[C-]#[O+].[C-]#[O+].[CH]1[CH][CH][CH][CH]1.[CH]1[CH][CH][CH][CH]1.[Ni].[Zr+2]. The Morgan fingerprint density at radius 1 is 0.382 bits per heavy atom. The maximum Gasteiger partial charge on any atom is 2.00 e. The van der Waals surface area contributed by atoms with Gasteiger partial charge in [-0.25, -0.2) is 0 Å². The van der Waals surface area contributed by atoms with Crippen molar-refractivity contribution in [3.05, 3.63) is 77.5 Å². The van der Waals surface area contributed by atoms with Crippen LogP contribution in [0.4, 0.5) is 0 Å². The summed E-state index contributed by atoms with van der Waals surface area (Å²) in [4.78, 5) is 0. The van der Waals surface area contributed by atoms with Gasteiger partial charge in [0.1, 0.15) is 0 Å². The molecule has 2 nitrogen and oxygen atoms in total. The van der Waals surface area contributed by atoms with Gasteiger partial charge in [-0.15, -0.1) is 15.4 Å². The van der Waals surface area contributed by atoms with Crippen molar-refractivity contribution >= 4 is 46.3 Å². The molecule has 0 atom stereocenters. The van der Waals surface area contributed by atoms with Gasteiger partial charge < -0.3 is 0 Å². The third kappa shape index (κ3) is 64.5. The van der Waals surface area contributed by atoms with E-state index in [0.29, 0.717) is 0 Å². The first kappa shape index (κ1) is 49.5. The van der Waals surface area contributed by atoms with E-state index in [2.05, 4.69) is 91.9 Å². The number of rotatable bonds is 4. The summed E-state index contributed by atoms with van der Waals surface area (Å²) in [7, 11) is -0.155. The average molecular weight is 693 g/mol. The van der Waals surface area contributed by atoms with E-state index in [4.69, 9.17) is 9.30 Å². The van der Waals surface area contributed by atoms with Crippen LogP contribution in [0.3, 0.4) is 0 Å². The summed E-state index contributed by atoms with van der Waals surface area (Å²) < 4.78 is 15.0. The Morgan fingerprint density at radius 3 is 0.500 bits per heavy atom. The van der Waals surface area contributed by atoms with Gasteiger partial charge in [0.05, 0.1) is 31.0 Å². The molecule has 10 heteroatoms. The van der Waals surface area contributed by atoms with Crippen molar-refractivity contribution in [2.75, 3.05) is 0 Å². The third-order valence-corrected chi connectivity index (χ3v) is 41.6. The summed E-state index contributed by atoms with van der Waals surface area (Å²) in [6.07, 6.45) is 20.0.